The molecule has 3 aliphatic rings. The Bertz CT molecular complexity index is 2250. The molecule has 3 saturated heterocycles. The lowest BCUT2D eigenvalue weighted by atomic mass is 9.89. The van der Waals surface area contributed by atoms with Crippen LogP contribution < -0.4 is 11.5 Å². The van der Waals surface area contributed by atoms with Gasteiger partial charge in [0.25, 0.3) is 6.57 Å². The van der Waals surface area contributed by atoms with Gasteiger partial charge in [0, 0.05) is 11.2 Å². The maximum absolute atomic E-state index is 14.9. The second-order valence-electron chi connectivity index (χ2n) is 15.3. The van der Waals surface area contributed by atoms with Gasteiger partial charge in [0.2, 0.25) is 0 Å². The molecule has 0 saturated carbocycles. The van der Waals surface area contributed by atoms with Crippen LogP contribution in [0.5, 0.6) is 0 Å². The Morgan fingerprint density at radius 2 is 1.62 bits per heavy atom. The van der Waals surface area contributed by atoms with Gasteiger partial charge in [-0.15, -0.1) is 6.58 Å². The van der Waals surface area contributed by atoms with Gasteiger partial charge in [-0.2, -0.15) is 0 Å². The van der Waals surface area contributed by atoms with Gasteiger partial charge in [0.15, 0.2) is 37.5 Å². The minimum Gasteiger partial charge on any atom is -0.410 e. The van der Waals surface area contributed by atoms with Gasteiger partial charge in [-0.1, -0.05) is 57.9 Å². The van der Waals surface area contributed by atoms with E-state index in [0.717, 1.165) is 0 Å². The molecule has 3 fully saturated rings. The third-order valence-electron chi connectivity index (χ3n) is 10.9. The van der Waals surface area contributed by atoms with Crippen LogP contribution in [0.3, 0.4) is 0 Å². The zero-order valence-corrected chi connectivity index (χ0v) is 35.3. The highest BCUT2D eigenvalue weighted by Gasteiger charge is 2.62. The highest BCUT2D eigenvalue weighted by atomic mass is 32.7. The molecular weight excluding hydrogens is 811 g/mol. The molecule has 0 aromatic carbocycles. The van der Waals surface area contributed by atoms with Crippen LogP contribution in [0.2, 0.25) is 18.1 Å². The molecule has 0 amide bonds. The quantitative estimate of drug-likeness (QED) is 0.0519. The first kappa shape index (κ1) is 40.5. The fraction of sp³-hybridized carbons (Fsp3) is 0.548. The maximum atomic E-state index is 14.9. The summed E-state index contributed by atoms with van der Waals surface area (Å²) in [6, 6.07) is 0. The largest absolute Gasteiger partial charge is 0.410 e. The van der Waals surface area contributed by atoms with E-state index in [-0.39, 0.29) is 35.2 Å². The molecule has 3 unspecified atom stereocenters. The van der Waals surface area contributed by atoms with Crippen molar-refractivity contribution in [2.24, 2.45) is 11.8 Å². The Morgan fingerprint density at radius 3 is 2.16 bits per heavy atom. The molecule has 2 bridgehead atoms. The molecule has 0 spiro atoms. The average Bonchev–Trinajstić information content (AvgIpc) is 3.92. The van der Waals surface area contributed by atoms with Crippen LogP contribution in [-0.4, -0.2) is 96.0 Å². The van der Waals surface area contributed by atoms with E-state index in [1.165, 1.54) is 19.0 Å². The minimum absolute atomic E-state index is 0.0401. The number of nitrogens with zero attached hydrogens (tertiary/aromatic N) is 8. The summed E-state index contributed by atoms with van der Waals surface area (Å²) in [5, 5.41) is -0.256. The third kappa shape index (κ3) is 7.22. The van der Waals surface area contributed by atoms with Crippen LogP contribution in [0.25, 0.3) is 22.3 Å². The predicted molar refractivity (Wildman–Crippen MR) is 212 cm³/mol. The van der Waals surface area contributed by atoms with Gasteiger partial charge >= 0.3 is 6.80 Å². The van der Waals surface area contributed by atoms with Crippen molar-refractivity contribution in [3.63, 3.8) is 0 Å². The van der Waals surface area contributed by atoms with Gasteiger partial charge < -0.3 is 39.5 Å². The highest BCUT2D eigenvalue weighted by Crippen LogP contribution is 2.66. The topological polar surface area (TPSA) is 249 Å². The number of hydrogen-bond donors (Lipinski definition) is 5. The van der Waals surface area contributed by atoms with Crippen LogP contribution in [-0.2, 0) is 36.8 Å². The number of rotatable bonds is 13. The molecule has 5 N–H and O–H groups in total. The first-order chi connectivity index (χ1) is 25.7. The number of ether oxygens (including phenoxy) is 3. The summed E-state index contributed by atoms with van der Waals surface area (Å²) in [4.78, 5) is 35.6. The van der Waals surface area contributed by atoms with E-state index in [1.54, 1.807) is 21.5 Å². The molecule has 298 valence electrons. The van der Waals surface area contributed by atoms with E-state index >= 15 is 0 Å². The van der Waals surface area contributed by atoms with Gasteiger partial charge in [-0.25, -0.2) is 34.5 Å². The second-order valence-corrected chi connectivity index (χ2v) is 26.2. The minimum atomic E-state index is -4.26. The second kappa shape index (κ2) is 14.3. The van der Waals surface area contributed by atoms with Gasteiger partial charge in [-0.3, -0.25) is 18.2 Å². The van der Waals surface area contributed by atoms with Crippen molar-refractivity contribution in [3.8, 4) is 0 Å². The number of nitrogen functional groups attached to an aromatic ring is 2. The lowest BCUT2D eigenvalue weighted by Crippen LogP contribution is -2.48. The van der Waals surface area contributed by atoms with E-state index < -0.39 is 76.5 Å². The van der Waals surface area contributed by atoms with Crippen LogP contribution >= 0.6 is 37.9 Å². The first-order valence-electron chi connectivity index (χ1n) is 17.2. The van der Waals surface area contributed by atoms with Crippen molar-refractivity contribution in [2.45, 2.75) is 75.3 Å². The van der Waals surface area contributed by atoms with Crippen LogP contribution in [0.4, 0.5) is 11.6 Å². The van der Waals surface area contributed by atoms with Crippen molar-refractivity contribution < 1.29 is 41.7 Å². The molecule has 4 aromatic rings. The van der Waals surface area contributed by atoms with Gasteiger partial charge in [0.05, 0.1) is 44.5 Å². The van der Waals surface area contributed by atoms with Crippen molar-refractivity contribution in [3.05, 3.63) is 49.9 Å². The molecule has 3 aliphatic heterocycles. The van der Waals surface area contributed by atoms with Crippen molar-refractivity contribution in [1.29, 1.82) is 0 Å². The smallest absolute Gasteiger partial charge is 0.383 e. The maximum Gasteiger partial charge on any atom is 0.383 e. The lowest BCUT2D eigenvalue weighted by Gasteiger charge is -2.41. The monoisotopic (exact) mass is 854 g/mol. The molecule has 0 aliphatic carbocycles. The summed E-state index contributed by atoms with van der Waals surface area (Å²) >= 11 is 8.36. The van der Waals surface area contributed by atoms with E-state index in [2.05, 4.69) is 88.3 Å². The number of hydrogen-bond acceptors (Lipinski definition) is 16. The Labute approximate surface area is 328 Å². The van der Waals surface area contributed by atoms with Gasteiger partial charge in [-0.05, 0) is 18.1 Å². The predicted octanol–water partition coefficient (Wildman–Crippen LogP) is 4.90. The van der Waals surface area contributed by atoms with Crippen molar-refractivity contribution in [2.75, 3.05) is 31.3 Å². The summed E-state index contributed by atoms with van der Waals surface area (Å²) in [5.74, 6) is -1.01. The highest BCUT2D eigenvalue weighted by molar-refractivity contribution is 8.47. The fourth-order valence-corrected chi connectivity index (χ4v) is 10.7. The zero-order chi connectivity index (χ0) is 39.9. The normalized spacial score (nSPS) is 30.5. The first-order valence-corrected chi connectivity index (χ1v) is 25.6. The molecule has 7 heterocycles. The molecule has 7 rings (SSSR count). The Morgan fingerprint density at radius 1 is 1.04 bits per heavy atom. The summed E-state index contributed by atoms with van der Waals surface area (Å²) in [7, 11) is -2.66. The third-order valence-corrected chi connectivity index (χ3v) is 18.8. The van der Waals surface area contributed by atoms with Crippen LogP contribution in [0.15, 0.2) is 49.9 Å². The Balaban J connectivity index is 1.23. The standard InChI is InChI=1S/C31H44N10O9P2S2Si/c1-8-17-22-29(41-15-39-21-25(33)35-13-37-27(21)41)49-31(17,10-45-22)11-47-51(42,53)16(2)19-23(50-55(6,7)30(3,4)5)18(9-46-52(43,44)54)48-28(19)40-14-38-20-24(32)34-12-36-26(20)40/h8,12-15,17-19,22-23,28-29H,1-2,9-11H2,3-7H3,(H,42,53)(H2,32,34,36)(H2,33,35,37)(H2,43,44,54)/t17-,18+,19+,22+,23?,28+,29+,31+,51?/m0/s1. The zero-order valence-electron chi connectivity index (χ0n) is 30.7. The number of aromatic nitrogens is 8. The number of thiol groups is 2. The summed E-state index contributed by atoms with van der Waals surface area (Å²) < 4.78 is 68.4. The van der Waals surface area contributed by atoms with Crippen molar-refractivity contribution >= 4 is 80.1 Å². The molecule has 55 heavy (non-hydrogen) atoms. The molecule has 0 radical (unpaired) electrons. The van der Waals surface area contributed by atoms with Crippen LogP contribution in [0, 0.1) is 11.8 Å². The molecule has 24 heteroatoms. The fourth-order valence-electron chi connectivity index (χ4n) is 7.03. The summed E-state index contributed by atoms with van der Waals surface area (Å²) in [5.41, 5.74) is 12.5. The Hall–Kier alpha value is -2.72. The molecular formula is C31H44N10O9P2S2Si. The van der Waals surface area contributed by atoms with Crippen molar-refractivity contribution in [1.82, 2.24) is 39.0 Å². The van der Waals surface area contributed by atoms with Gasteiger partial charge in [0.1, 0.15) is 47.7 Å². The molecule has 10 atom stereocenters. The van der Waals surface area contributed by atoms with E-state index in [9.17, 15) is 14.0 Å². The van der Waals surface area contributed by atoms with E-state index in [1.807, 2.05) is 13.1 Å². The SMILES string of the molecule is C=C[C@H]1[C@H]2OC[C@]1(COP(=O)(S)C(=C)[C@@H]1C(O[Si](C)(C)C(C)(C)C)[C@@H](COP(=O)(O)S)O[C@H]1n1cnc3c(N)ncnc31)O[C@H]2n1cnc2c(N)ncnc21. The number of fused-ring (bicyclic) bond motifs is 4. The number of nitrogens with two attached hydrogens (primary N) is 2. The van der Waals surface area contributed by atoms with E-state index in [0.29, 0.717) is 22.3 Å². The summed E-state index contributed by atoms with van der Waals surface area (Å²) in [6.45, 7) is 9.65. The van der Waals surface area contributed by atoms with Crippen LogP contribution in [0.1, 0.15) is 33.2 Å². The number of anilines is 2. The van der Waals surface area contributed by atoms with E-state index in [4.69, 9.17) is 39.2 Å². The molecule has 4 aromatic heterocycles. The number of imidazole rings is 2. The Kier molecular flexibility index (Phi) is 10.5. The lowest BCUT2D eigenvalue weighted by molar-refractivity contribution is -0.180. The average molecular weight is 855 g/mol. The molecule has 19 nitrogen and oxygen atoms in total. The summed E-state index contributed by atoms with van der Waals surface area (Å²) in [6.07, 6.45) is 3.16.